The number of hydrogen-bond acceptors (Lipinski definition) is 1. The standard InChI is InChI=1S/C13H21BrF3NO/c1-12(2,7-14)8-18-11(19)9-5-3-4-6-10(9)13(15,16)17/h9-10H,3-8H2,1-2H3,(H,18,19). The second kappa shape index (κ2) is 6.46. The van der Waals surface area contributed by atoms with Crippen LogP contribution in [0.2, 0.25) is 0 Å². The molecule has 1 saturated carbocycles. The first-order chi connectivity index (χ1) is 8.67. The maximum Gasteiger partial charge on any atom is 0.392 e. The van der Waals surface area contributed by atoms with Crippen molar-refractivity contribution in [2.24, 2.45) is 17.3 Å². The van der Waals surface area contributed by atoms with Crippen LogP contribution in [0.5, 0.6) is 0 Å². The predicted octanol–water partition coefficient (Wildman–Crippen LogP) is 3.89. The Kier molecular flexibility index (Phi) is 5.71. The van der Waals surface area contributed by atoms with Crippen LogP contribution in [0, 0.1) is 17.3 Å². The van der Waals surface area contributed by atoms with E-state index in [0.717, 1.165) is 0 Å². The zero-order chi connectivity index (χ0) is 14.7. The van der Waals surface area contributed by atoms with Crippen molar-refractivity contribution in [3.05, 3.63) is 0 Å². The van der Waals surface area contributed by atoms with Gasteiger partial charge in [-0.15, -0.1) is 0 Å². The van der Waals surface area contributed by atoms with Crippen LogP contribution in [-0.4, -0.2) is 24.0 Å². The summed E-state index contributed by atoms with van der Waals surface area (Å²) < 4.78 is 38.7. The Balaban J connectivity index is 2.63. The molecule has 1 N–H and O–H groups in total. The minimum absolute atomic E-state index is 0.0728. The van der Waals surface area contributed by atoms with Crippen molar-refractivity contribution < 1.29 is 18.0 Å². The molecule has 0 aromatic carbocycles. The molecule has 1 aliphatic carbocycles. The Hall–Kier alpha value is -0.260. The van der Waals surface area contributed by atoms with E-state index in [1.54, 1.807) is 0 Å². The Morgan fingerprint density at radius 1 is 1.26 bits per heavy atom. The van der Waals surface area contributed by atoms with Crippen LogP contribution in [0.3, 0.4) is 0 Å². The van der Waals surface area contributed by atoms with E-state index in [1.165, 1.54) is 0 Å². The van der Waals surface area contributed by atoms with Gasteiger partial charge in [0.1, 0.15) is 0 Å². The molecule has 6 heteroatoms. The van der Waals surface area contributed by atoms with Gasteiger partial charge < -0.3 is 5.32 Å². The van der Waals surface area contributed by atoms with Crippen LogP contribution in [0.15, 0.2) is 0 Å². The Labute approximate surface area is 120 Å². The van der Waals surface area contributed by atoms with E-state index in [-0.39, 0.29) is 11.8 Å². The molecule has 0 aromatic heterocycles. The highest BCUT2D eigenvalue weighted by Gasteiger charge is 2.48. The topological polar surface area (TPSA) is 29.1 Å². The molecule has 19 heavy (non-hydrogen) atoms. The second-order valence-corrected chi connectivity index (χ2v) is 6.62. The second-order valence-electron chi connectivity index (χ2n) is 6.05. The number of rotatable bonds is 4. The Bertz CT molecular complexity index is 318. The van der Waals surface area contributed by atoms with Gasteiger partial charge in [0.2, 0.25) is 5.91 Å². The van der Waals surface area contributed by atoms with Gasteiger partial charge in [-0.05, 0) is 18.3 Å². The van der Waals surface area contributed by atoms with Gasteiger partial charge in [0.05, 0.1) is 5.92 Å². The molecule has 1 rings (SSSR count). The molecule has 2 nitrogen and oxygen atoms in total. The summed E-state index contributed by atoms with van der Waals surface area (Å²) in [6, 6.07) is 0. The summed E-state index contributed by atoms with van der Waals surface area (Å²) in [5, 5.41) is 3.36. The van der Waals surface area contributed by atoms with E-state index in [9.17, 15) is 18.0 Å². The number of alkyl halides is 4. The predicted molar refractivity (Wildman–Crippen MR) is 72.1 cm³/mol. The van der Waals surface area contributed by atoms with Crippen molar-refractivity contribution in [2.45, 2.75) is 45.7 Å². The molecule has 0 aromatic rings. The van der Waals surface area contributed by atoms with Gasteiger partial charge in [0, 0.05) is 17.8 Å². The Morgan fingerprint density at radius 2 is 1.84 bits per heavy atom. The molecule has 112 valence electrons. The van der Waals surface area contributed by atoms with Crippen LogP contribution < -0.4 is 5.32 Å². The van der Waals surface area contributed by atoms with Crippen LogP contribution in [-0.2, 0) is 4.79 Å². The molecule has 2 atom stereocenters. The first kappa shape index (κ1) is 16.8. The summed E-state index contributed by atoms with van der Waals surface area (Å²) in [4.78, 5) is 12.0. The average molecular weight is 344 g/mol. The van der Waals surface area contributed by atoms with Crippen LogP contribution in [0.25, 0.3) is 0 Å². The van der Waals surface area contributed by atoms with Gasteiger partial charge in [-0.3, -0.25) is 4.79 Å². The first-order valence-corrected chi connectivity index (χ1v) is 7.70. The molecule has 0 heterocycles. The summed E-state index contributed by atoms with van der Waals surface area (Å²) in [6.07, 6.45) is -2.60. The van der Waals surface area contributed by atoms with Gasteiger partial charge in [0.15, 0.2) is 0 Å². The van der Waals surface area contributed by atoms with Gasteiger partial charge in [-0.1, -0.05) is 42.6 Å². The van der Waals surface area contributed by atoms with Crippen LogP contribution >= 0.6 is 15.9 Å². The van der Waals surface area contributed by atoms with Gasteiger partial charge in [-0.2, -0.15) is 13.2 Å². The number of carbonyl (C=O) groups excluding carboxylic acids is 1. The van der Waals surface area contributed by atoms with E-state index >= 15 is 0 Å². The molecule has 0 aliphatic heterocycles. The normalized spacial score (nSPS) is 25.2. The number of amides is 1. The summed E-state index contributed by atoms with van der Waals surface area (Å²) in [5.41, 5.74) is -0.155. The minimum atomic E-state index is -4.27. The third-order valence-corrected chi connectivity index (χ3v) is 5.14. The molecule has 1 fully saturated rings. The zero-order valence-corrected chi connectivity index (χ0v) is 12.9. The Morgan fingerprint density at radius 3 is 2.37 bits per heavy atom. The fourth-order valence-corrected chi connectivity index (χ4v) is 2.54. The largest absolute Gasteiger partial charge is 0.392 e. The van der Waals surface area contributed by atoms with Crippen molar-refractivity contribution in [3.63, 3.8) is 0 Å². The maximum absolute atomic E-state index is 12.9. The fourth-order valence-electron chi connectivity index (χ4n) is 2.34. The molecule has 0 saturated heterocycles. The van der Waals surface area contributed by atoms with E-state index in [0.29, 0.717) is 31.1 Å². The van der Waals surface area contributed by atoms with Crippen molar-refractivity contribution in [1.82, 2.24) is 5.32 Å². The molecule has 0 bridgehead atoms. The highest BCUT2D eigenvalue weighted by Crippen LogP contribution is 2.41. The highest BCUT2D eigenvalue weighted by molar-refractivity contribution is 9.09. The fraction of sp³-hybridized carbons (Fsp3) is 0.923. The molecule has 0 radical (unpaired) electrons. The monoisotopic (exact) mass is 343 g/mol. The van der Waals surface area contributed by atoms with Gasteiger partial charge >= 0.3 is 6.18 Å². The summed E-state index contributed by atoms with van der Waals surface area (Å²) in [5.74, 6) is -2.84. The first-order valence-electron chi connectivity index (χ1n) is 6.58. The third-order valence-electron chi connectivity index (χ3n) is 3.63. The number of carbonyl (C=O) groups is 1. The summed E-state index contributed by atoms with van der Waals surface area (Å²) in [7, 11) is 0. The lowest BCUT2D eigenvalue weighted by molar-refractivity contribution is -0.198. The van der Waals surface area contributed by atoms with Crippen molar-refractivity contribution in [3.8, 4) is 0 Å². The smallest absolute Gasteiger partial charge is 0.355 e. The lowest BCUT2D eigenvalue weighted by atomic mass is 9.78. The van der Waals surface area contributed by atoms with Crippen molar-refractivity contribution >= 4 is 21.8 Å². The van der Waals surface area contributed by atoms with E-state index < -0.39 is 23.9 Å². The lowest BCUT2D eigenvalue weighted by Crippen LogP contribution is -2.45. The van der Waals surface area contributed by atoms with Gasteiger partial charge in [0.25, 0.3) is 0 Å². The molecule has 1 amide bonds. The molecule has 0 spiro atoms. The minimum Gasteiger partial charge on any atom is -0.355 e. The highest BCUT2D eigenvalue weighted by atomic mass is 79.9. The average Bonchev–Trinajstić information content (AvgIpc) is 2.35. The van der Waals surface area contributed by atoms with Crippen molar-refractivity contribution in [2.75, 3.05) is 11.9 Å². The molecular weight excluding hydrogens is 323 g/mol. The van der Waals surface area contributed by atoms with E-state index in [4.69, 9.17) is 0 Å². The van der Waals surface area contributed by atoms with E-state index in [1.807, 2.05) is 13.8 Å². The van der Waals surface area contributed by atoms with Crippen LogP contribution in [0.1, 0.15) is 39.5 Å². The van der Waals surface area contributed by atoms with Crippen LogP contribution in [0.4, 0.5) is 13.2 Å². The number of nitrogens with one attached hydrogen (secondary N) is 1. The quantitative estimate of drug-likeness (QED) is 0.771. The van der Waals surface area contributed by atoms with E-state index in [2.05, 4.69) is 21.2 Å². The zero-order valence-electron chi connectivity index (χ0n) is 11.3. The number of hydrogen-bond donors (Lipinski definition) is 1. The summed E-state index contributed by atoms with van der Waals surface area (Å²) >= 11 is 3.33. The SMILES string of the molecule is CC(C)(CBr)CNC(=O)C1CCCCC1C(F)(F)F. The van der Waals surface area contributed by atoms with Crippen molar-refractivity contribution in [1.29, 1.82) is 0 Å². The molecule has 1 aliphatic rings. The molecular formula is C13H21BrF3NO. The van der Waals surface area contributed by atoms with Gasteiger partial charge in [-0.25, -0.2) is 0 Å². The maximum atomic E-state index is 12.9. The third kappa shape index (κ3) is 4.97. The molecule has 2 unspecified atom stereocenters. The number of halogens is 4. The lowest BCUT2D eigenvalue weighted by Gasteiger charge is -2.33. The summed E-state index contributed by atoms with van der Waals surface area (Å²) in [6.45, 7) is 4.28.